The lowest BCUT2D eigenvalue weighted by Crippen LogP contribution is -2.51. The van der Waals surface area contributed by atoms with Crippen LogP contribution in [0.5, 0.6) is 5.75 Å². The number of methoxy groups -OCH3 is 1. The zero-order valence-electron chi connectivity index (χ0n) is 20.7. The van der Waals surface area contributed by atoms with E-state index in [1.165, 1.54) is 41.3 Å². The Hall–Kier alpha value is -5.27. The lowest BCUT2D eigenvalue weighted by atomic mass is 10.1. The Labute approximate surface area is 220 Å². The number of ketones is 1. The highest BCUT2D eigenvalue weighted by atomic mass is 19.1. The van der Waals surface area contributed by atoms with Crippen LogP contribution in [-0.4, -0.2) is 90.0 Å². The number of aromatic amines is 1. The molecule has 0 radical (unpaired) electrons. The summed E-state index contributed by atoms with van der Waals surface area (Å²) in [6.07, 6.45) is 7.08. The second kappa shape index (κ2) is 9.89. The molecule has 5 aromatic rings. The molecular weight excluding hydrogens is 507 g/mol. The number of carbonyl (C=O) groups excluding carboxylic acids is 2. The molecule has 14 heteroatoms. The van der Waals surface area contributed by atoms with E-state index in [0.717, 1.165) is 6.20 Å². The van der Waals surface area contributed by atoms with Crippen LogP contribution in [0.25, 0.3) is 28.0 Å². The topological polar surface area (TPSA) is 148 Å². The van der Waals surface area contributed by atoms with Crippen LogP contribution in [0.1, 0.15) is 10.4 Å². The number of rotatable bonds is 6. The number of aromatic nitrogens is 8. The number of amides is 1. The number of pyridine rings is 3. The maximum Gasteiger partial charge on any atom is 0.295 e. The smallest absolute Gasteiger partial charge is 0.295 e. The summed E-state index contributed by atoms with van der Waals surface area (Å²) >= 11 is 0. The fourth-order valence-corrected chi connectivity index (χ4v) is 4.59. The van der Waals surface area contributed by atoms with Gasteiger partial charge in [-0.15, -0.1) is 0 Å². The summed E-state index contributed by atoms with van der Waals surface area (Å²) < 4.78 is 20.8. The summed E-state index contributed by atoms with van der Waals surface area (Å²) in [5, 5.41) is 12.3. The average Bonchev–Trinajstić information content (AvgIpc) is 3.65. The molecule has 5 aromatic heterocycles. The van der Waals surface area contributed by atoms with Gasteiger partial charge in [-0.05, 0) is 28.6 Å². The van der Waals surface area contributed by atoms with Gasteiger partial charge in [0.2, 0.25) is 0 Å². The summed E-state index contributed by atoms with van der Waals surface area (Å²) in [6.45, 7) is 1.43. The average molecular weight is 529 g/mol. The first-order chi connectivity index (χ1) is 19.0. The number of nitrogens with zero attached hydrogens (tertiary/aromatic N) is 9. The molecule has 39 heavy (non-hydrogen) atoms. The number of Topliss-reactive ketones (excluding diaryl/α,β-unsaturated/α-hetero) is 1. The Kier molecular flexibility index (Phi) is 6.11. The number of piperazine rings is 1. The van der Waals surface area contributed by atoms with Gasteiger partial charge in [0.25, 0.3) is 17.6 Å². The van der Waals surface area contributed by atoms with E-state index in [4.69, 9.17) is 4.74 Å². The Morgan fingerprint density at radius 1 is 1.08 bits per heavy atom. The Bertz CT molecular complexity index is 1680. The predicted molar refractivity (Wildman–Crippen MR) is 136 cm³/mol. The first-order valence-corrected chi connectivity index (χ1v) is 12.0. The molecular formula is C25H21FN10O3. The SMILES string of the molecule is COc1cnc(-c2cncc(F)c2)c2[nH]cc(C(=O)C(=O)N3CCN(c4nnnn4-c4ccccn4)CC3)c12. The van der Waals surface area contributed by atoms with Crippen LogP contribution in [0.2, 0.25) is 0 Å². The summed E-state index contributed by atoms with van der Waals surface area (Å²) in [6, 6.07) is 6.72. The second-order valence-corrected chi connectivity index (χ2v) is 8.71. The quantitative estimate of drug-likeness (QED) is 0.255. The van der Waals surface area contributed by atoms with Crippen molar-refractivity contribution in [1.82, 2.24) is 45.0 Å². The molecule has 0 saturated carbocycles. The number of nitrogens with one attached hydrogen (secondary N) is 1. The standard InChI is InChI=1S/C25H21FN10O3/c1-39-18-14-30-21(15-10-16(26)12-27-11-15)22-20(18)17(13-29-22)23(37)24(38)34-6-8-35(9-7-34)25-31-32-33-36(25)19-4-2-3-5-28-19/h2-5,10-14,29H,6-9H2,1H3. The first kappa shape index (κ1) is 24.1. The van der Waals surface area contributed by atoms with Crippen molar-refractivity contribution in [3.63, 3.8) is 0 Å². The maximum absolute atomic E-state index is 13.8. The van der Waals surface area contributed by atoms with Crippen molar-refractivity contribution < 1.29 is 18.7 Å². The van der Waals surface area contributed by atoms with Crippen molar-refractivity contribution in [2.24, 2.45) is 0 Å². The van der Waals surface area contributed by atoms with Gasteiger partial charge >= 0.3 is 0 Å². The van der Waals surface area contributed by atoms with Crippen LogP contribution in [0.15, 0.2) is 55.2 Å². The number of halogens is 1. The van der Waals surface area contributed by atoms with E-state index in [9.17, 15) is 14.0 Å². The van der Waals surface area contributed by atoms with Gasteiger partial charge in [-0.2, -0.15) is 4.68 Å². The molecule has 1 aliphatic heterocycles. The van der Waals surface area contributed by atoms with Crippen LogP contribution in [0.4, 0.5) is 10.3 Å². The Morgan fingerprint density at radius 2 is 1.92 bits per heavy atom. The van der Waals surface area contributed by atoms with Crippen LogP contribution in [0, 0.1) is 5.82 Å². The van der Waals surface area contributed by atoms with Gasteiger partial charge in [0.1, 0.15) is 11.6 Å². The van der Waals surface area contributed by atoms with Crippen LogP contribution < -0.4 is 9.64 Å². The number of fused-ring (bicyclic) bond motifs is 1. The Morgan fingerprint density at radius 3 is 2.67 bits per heavy atom. The molecule has 1 aliphatic rings. The zero-order valence-corrected chi connectivity index (χ0v) is 20.7. The molecule has 196 valence electrons. The Balaban J connectivity index is 1.23. The highest BCUT2D eigenvalue weighted by Crippen LogP contribution is 2.34. The van der Waals surface area contributed by atoms with Gasteiger partial charge in [0.15, 0.2) is 5.82 Å². The van der Waals surface area contributed by atoms with Crippen LogP contribution >= 0.6 is 0 Å². The second-order valence-electron chi connectivity index (χ2n) is 8.71. The molecule has 0 aromatic carbocycles. The highest BCUT2D eigenvalue weighted by Gasteiger charge is 2.31. The van der Waals surface area contributed by atoms with Crippen molar-refractivity contribution in [3.05, 3.63) is 66.6 Å². The lowest BCUT2D eigenvalue weighted by Gasteiger charge is -2.34. The molecule has 1 N–H and O–H groups in total. The summed E-state index contributed by atoms with van der Waals surface area (Å²) in [5.41, 5.74) is 1.37. The normalized spacial score (nSPS) is 13.6. The van der Waals surface area contributed by atoms with Gasteiger partial charge in [-0.1, -0.05) is 11.2 Å². The van der Waals surface area contributed by atoms with Crippen molar-refractivity contribution in [1.29, 1.82) is 0 Å². The minimum atomic E-state index is -0.694. The number of tetrazole rings is 1. The third kappa shape index (κ3) is 4.31. The summed E-state index contributed by atoms with van der Waals surface area (Å²) in [4.78, 5) is 45.7. The summed E-state index contributed by atoms with van der Waals surface area (Å²) in [7, 11) is 1.45. The molecule has 1 saturated heterocycles. The van der Waals surface area contributed by atoms with E-state index in [-0.39, 0.29) is 5.56 Å². The fourth-order valence-electron chi connectivity index (χ4n) is 4.59. The molecule has 6 rings (SSSR count). The van der Waals surface area contributed by atoms with E-state index in [1.54, 1.807) is 18.3 Å². The van der Waals surface area contributed by atoms with Crippen LogP contribution in [0.3, 0.4) is 0 Å². The van der Waals surface area contributed by atoms with E-state index < -0.39 is 17.5 Å². The third-order valence-electron chi connectivity index (χ3n) is 6.48. The van der Waals surface area contributed by atoms with Crippen LogP contribution in [-0.2, 0) is 4.79 Å². The van der Waals surface area contributed by atoms with Gasteiger partial charge in [0.05, 0.1) is 41.7 Å². The van der Waals surface area contributed by atoms with Crippen molar-refractivity contribution >= 4 is 28.5 Å². The predicted octanol–water partition coefficient (Wildman–Crippen LogP) is 1.67. The minimum absolute atomic E-state index is 0.140. The monoisotopic (exact) mass is 528 g/mol. The zero-order chi connectivity index (χ0) is 26.9. The summed E-state index contributed by atoms with van der Waals surface area (Å²) in [5.74, 6) is -0.484. The van der Waals surface area contributed by atoms with Gasteiger partial charge in [0, 0.05) is 50.3 Å². The number of carbonyl (C=O) groups is 2. The van der Waals surface area contributed by atoms with E-state index in [1.807, 2.05) is 11.0 Å². The molecule has 13 nitrogen and oxygen atoms in total. The van der Waals surface area contributed by atoms with Gasteiger partial charge in [-0.3, -0.25) is 19.6 Å². The number of anilines is 1. The minimum Gasteiger partial charge on any atom is -0.494 e. The molecule has 0 bridgehead atoms. The number of ether oxygens (including phenoxy) is 1. The number of hydrogen-bond donors (Lipinski definition) is 1. The van der Waals surface area contributed by atoms with E-state index in [2.05, 4.69) is 35.5 Å². The van der Waals surface area contributed by atoms with E-state index in [0.29, 0.717) is 65.9 Å². The first-order valence-electron chi connectivity index (χ1n) is 12.0. The van der Waals surface area contributed by atoms with Crippen molar-refractivity contribution in [2.75, 3.05) is 38.2 Å². The molecule has 1 amide bonds. The molecule has 0 aliphatic carbocycles. The molecule has 0 unspecified atom stereocenters. The molecule has 6 heterocycles. The van der Waals surface area contributed by atoms with Crippen molar-refractivity contribution in [2.45, 2.75) is 0 Å². The van der Waals surface area contributed by atoms with E-state index >= 15 is 0 Å². The number of H-pyrrole nitrogens is 1. The largest absolute Gasteiger partial charge is 0.494 e. The highest BCUT2D eigenvalue weighted by molar-refractivity contribution is 6.45. The van der Waals surface area contributed by atoms with Gasteiger partial charge < -0.3 is 19.5 Å². The molecule has 1 fully saturated rings. The third-order valence-corrected chi connectivity index (χ3v) is 6.48. The lowest BCUT2D eigenvalue weighted by molar-refractivity contribution is -0.126. The maximum atomic E-state index is 13.8. The number of hydrogen-bond acceptors (Lipinski definition) is 10. The fraction of sp³-hybridized carbons (Fsp3) is 0.200. The van der Waals surface area contributed by atoms with Gasteiger partial charge in [-0.25, -0.2) is 9.37 Å². The molecule has 0 atom stereocenters. The molecule has 0 spiro atoms. The van der Waals surface area contributed by atoms with Crippen molar-refractivity contribution in [3.8, 4) is 22.8 Å².